The number of aromatic amines is 1. The molecule has 1 N–H and O–H groups in total. The molecule has 0 radical (unpaired) electrons. The van der Waals surface area contributed by atoms with Crippen molar-refractivity contribution in [3.63, 3.8) is 0 Å². The van der Waals surface area contributed by atoms with Gasteiger partial charge in [0, 0.05) is 29.4 Å². The van der Waals surface area contributed by atoms with Gasteiger partial charge in [-0.05, 0) is 71.3 Å². The molecule has 0 aliphatic carbocycles. The van der Waals surface area contributed by atoms with Crippen LogP contribution in [0.3, 0.4) is 0 Å². The van der Waals surface area contributed by atoms with Crippen molar-refractivity contribution < 1.29 is 17.6 Å². The van der Waals surface area contributed by atoms with E-state index in [1.165, 1.54) is 28.8 Å². The van der Waals surface area contributed by atoms with Crippen molar-refractivity contribution in [1.29, 1.82) is 0 Å². The monoisotopic (exact) mass is 464 g/mol. The van der Waals surface area contributed by atoms with Crippen LogP contribution in [0.15, 0.2) is 83.9 Å². The minimum absolute atomic E-state index is 0.0137. The molecule has 0 atom stereocenters. The average molecular weight is 464 g/mol. The van der Waals surface area contributed by atoms with Gasteiger partial charge in [0.05, 0.1) is 17.8 Å². The summed E-state index contributed by atoms with van der Waals surface area (Å²) < 4.78 is 53.4. The van der Waals surface area contributed by atoms with Gasteiger partial charge < -0.3 is 4.57 Å². The molecule has 5 nitrogen and oxygen atoms in total. The first kappa shape index (κ1) is 21.6. The maximum Gasteiger partial charge on any atom is 0.433 e. The summed E-state index contributed by atoms with van der Waals surface area (Å²) in [6, 6.07) is 17.1. The Kier molecular flexibility index (Phi) is 5.24. The van der Waals surface area contributed by atoms with E-state index >= 15 is 0 Å². The van der Waals surface area contributed by atoms with Gasteiger partial charge in [-0.3, -0.25) is 14.9 Å². The number of nitrogens with one attached hydrogen (secondary N) is 1. The molecule has 3 aromatic heterocycles. The van der Waals surface area contributed by atoms with Crippen LogP contribution in [-0.2, 0) is 12.7 Å². The molecule has 0 amide bonds. The molecule has 5 aromatic rings. The third-order valence-corrected chi connectivity index (χ3v) is 5.48. The zero-order valence-electron chi connectivity index (χ0n) is 17.5. The summed E-state index contributed by atoms with van der Waals surface area (Å²) >= 11 is 0. The van der Waals surface area contributed by atoms with Gasteiger partial charge in [-0.1, -0.05) is 6.07 Å². The smallest absolute Gasteiger partial charge is 0.311 e. The summed E-state index contributed by atoms with van der Waals surface area (Å²) in [5, 5.41) is 8.09. The molecule has 0 aliphatic heterocycles. The van der Waals surface area contributed by atoms with E-state index in [2.05, 4.69) is 15.2 Å². The number of benzene rings is 2. The van der Waals surface area contributed by atoms with Gasteiger partial charge >= 0.3 is 6.18 Å². The normalized spacial score (nSPS) is 11.8. The summed E-state index contributed by atoms with van der Waals surface area (Å²) in [6.45, 7) is -0.0137. The van der Waals surface area contributed by atoms with Crippen molar-refractivity contribution in [2.75, 3.05) is 0 Å². The Labute approximate surface area is 190 Å². The minimum atomic E-state index is -4.55. The standard InChI is InChI=1S/C25H16F4N4O/c26-19-4-1-16(2-5-19)24-20-12-17(3-6-21(20)31-32-24)18-8-10-33(23(34)13-18)14-15-7-9-30-22(11-15)25(27,28)29/h1-13H,14H2,(H,31,32). The number of pyridine rings is 2. The number of hydrogen-bond acceptors (Lipinski definition) is 3. The molecule has 0 saturated heterocycles. The van der Waals surface area contributed by atoms with Gasteiger partial charge in [-0.2, -0.15) is 18.3 Å². The minimum Gasteiger partial charge on any atom is -0.311 e. The lowest BCUT2D eigenvalue weighted by Gasteiger charge is -2.10. The van der Waals surface area contributed by atoms with Crippen LogP contribution < -0.4 is 5.56 Å². The molecular weight excluding hydrogens is 448 g/mol. The SMILES string of the molecule is O=c1cc(-c2ccc3[nH]nc(-c4ccc(F)cc4)c3c2)ccn1Cc1ccnc(C(F)(F)F)c1. The Morgan fingerprint density at radius 2 is 1.62 bits per heavy atom. The number of alkyl halides is 3. The van der Waals surface area contributed by atoms with Crippen LogP contribution in [-0.4, -0.2) is 19.7 Å². The average Bonchev–Trinajstić information content (AvgIpc) is 3.24. The lowest BCUT2D eigenvalue weighted by molar-refractivity contribution is -0.141. The summed E-state index contributed by atoms with van der Waals surface area (Å²) in [7, 11) is 0. The van der Waals surface area contributed by atoms with E-state index in [0.717, 1.165) is 34.3 Å². The van der Waals surface area contributed by atoms with Gasteiger partial charge in [0.2, 0.25) is 0 Å². The quantitative estimate of drug-likeness (QED) is 0.349. The van der Waals surface area contributed by atoms with Crippen molar-refractivity contribution in [1.82, 2.24) is 19.7 Å². The molecule has 0 fully saturated rings. The van der Waals surface area contributed by atoms with E-state index in [9.17, 15) is 22.4 Å². The van der Waals surface area contributed by atoms with Crippen LogP contribution in [0, 0.1) is 5.82 Å². The zero-order valence-corrected chi connectivity index (χ0v) is 17.5. The van der Waals surface area contributed by atoms with E-state index in [-0.39, 0.29) is 17.9 Å². The lowest BCUT2D eigenvalue weighted by atomic mass is 10.0. The van der Waals surface area contributed by atoms with Gasteiger partial charge in [-0.25, -0.2) is 4.39 Å². The number of hydrogen-bond donors (Lipinski definition) is 1. The van der Waals surface area contributed by atoms with Crippen molar-refractivity contribution in [3.05, 3.63) is 107 Å². The molecule has 34 heavy (non-hydrogen) atoms. The number of halogens is 4. The summed E-state index contributed by atoms with van der Waals surface area (Å²) in [5.74, 6) is -0.341. The van der Waals surface area contributed by atoms with Crippen molar-refractivity contribution >= 4 is 10.9 Å². The van der Waals surface area contributed by atoms with Crippen LogP contribution in [0.5, 0.6) is 0 Å². The molecular formula is C25H16F4N4O. The Morgan fingerprint density at radius 3 is 2.35 bits per heavy atom. The fourth-order valence-corrected chi connectivity index (χ4v) is 3.76. The van der Waals surface area contributed by atoms with E-state index in [1.807, 2.05) is 18.2 Å². The third kappa shape index (κ3) is 4.19. The molecule has 170 valence electrons. The van der Waals surface area contributed by atoms with Crippen molar-refractivity contribution in [2.45, 2.75) is 12.7 Å². The molecule has 0 aliphatic rings. The van der Waals surface area contributed by atoms with E-state index in [0.29, 0.717) is 16.8 Å². The second-order valence-corrected chi connectivity index (χ2v) is 7.77. The number of rotatable bonds is 4. The summed E-state index contributed by atoms with van der Waals surface area (Å²) in [4.78, 5) is 16.0. The van der Waals surface area contributed by atoms with Crippen LogP contribution >= 0.6 is 0 Å². The largest absolute Gasteiger partial charge is 0.433 e. The maximum absolute atomic E-state index is 13.3. The highest BCUT2D eigenvalue weighted by Gasteiger charge is 2.32. The topological polar surface area (TPSA) is 63.6 Å². The number of H-pyrrole nitrogens is 1. The maximum atomic E-state index is 13.3. The number of fused-ring (bicyclic) bond motifs is 1. The lowest BCUT2D eigenvalue weighted by Crippen LogP contribution is -2.19. The van der Waals surface area contributed by atoms with Crippen molar-refractivity contribution in [3.8, 4) is 22.4 Å². The highest BCUT2D eigenvalue weighted by Crippen LogP contribution is 2.30. The fraction of sp³-hybridized carbons (Fsp3) is 0.0800. The van der Waals surface area contributed by atoms with E-state index in [4.69, 9.17) is 0 Å². The van der Waals surface area contributed by atoms with Crippen LogP contribution in [0.1, 0.15) is 11.3 Å². The van der Waals surface area contributed by atoms with Crippen LogP contribution in [0.2, 0.25) is 0 Å². The second kappa shape index (κ2) is 8.26. The van der Waals surface area contributed by atoms with Gasteiger partial charge in [-0.15, -0.1) is 0 Å². The van der Waals surface area contributed by atoms with E-state index < -0.39 is 11.9 Å². The molecule has 0 unspecified atom stereocenters. The number of nitrogens with zero attached hydrogens (tertiary/aromatic N) is 3. The summed E-state index contributed by atoms with van der Waals surface area (Å²) in [5.41, 5.74) is 2.58. The van der Waals surface area contributed by atoms with Crippen LogP contribution in [0.4, 0.5) is 17.6 Å². The second-order valence-electron chi connectivity index (χ2n) is 7.77. The molecule has 3 heterocycles. The Balaban J connectivity index is 1.46. The van der Waals surface area contributed by atoms with Gasteiger partial charge in [0.25, 0.3) is 5.56 Å². The van der Waals surface area contributed by atoms with E-state index in [1.54, 1.807) is 24.4 Å². The fourth-order valence-electron chi connectivity index (χ4n) is 3.76. The molecule has 0 saturated carbocycles. The zero-order chi connectivity index (χ0) is 23.9. The van der Waals surface area contributed by atoms with Gasteiger partial charge in [0.1, 0.15) is 11.5 Å². The van der Waals surface area contributed by atoms with Gasteiger partial charge in [0.15, 0.2) is 0 Å². The third-order valence-electron chi connectivity index (χ3n) is 5.48. The highest BCUT2D eigenvalue weighted by molar-refractivity contribution is 5.95. The molecule has 0 spiro atoms. The first-order valence-electron chi connectivity index (χ1n) is 10.2. The Hall–Kier alpha value is -4.27. The molecule has 5 rings (SSSR count). The first-order chi connectivity index (χ1) is 16.3. The van der Waals surface area contributed by atoms with Crippen LogP contribution in [0.25, 0.3) is 33.3 Å². The first-order valence-corrected chi connectivity index (χ1v) is 10.2. The Morgan fingerprint density at radius 1 is 0.882 bits per heavy atom. The van der Waals surface area contributed by atoms with Crippen molar-refractivity contribution in [2.24, 2.45) is 0 Å². The summed E-state index contributed by atoms with van der Waals surface area (Å²) in [6.07, 6.45) is -1.93. The molecule has 0 bridgehead atoms. The Bertz CT molecular complexity index is 1550. The number of aromatic nitrogens is 4. The predicted octanol–water partition coefficient (Wildman–Crippen LogP) is 5.66. The predicted molar refractivity (Wildman–Crippen MR) is 120 cm³/mol. The molecule has 2 aromatic carbocycles. The molecule has 9 heteroatoms. The highest BCUT2D eigenvalue weighted by atomic mass is 19.4.